The van der Waals surface area contributed by atoms with Gasteiger partial charge >= 0.3 is 0 Å². The van der Waals surface area contributed by atoms with Gasteiger partial charge in [-0.2, -0.15) is 5.10 Å². The maximum Gasteiger partial charge on any atom is 0.273 e. The summed E-state index contributed by atoms with van der Waals surface area (Å²) in [6, 6.07) is 5.05. The molecular weight excluding hydrogens is 578 g/mol. The van der Waals surface area contributed by atoms with Crippen LogP contribution in [0, 0.1) is 6.92 Å². The number of aryl methyl sites for hydroxylation is 2. The number of carbonyl (C=O) groups is 4. The molecule has 0 spiro atoms. The Kier molecular flexibility index (Phi) is 8.11. The van der Waals surface area contributed by atoms with Gasteiger partial charge in [0.1, 0.15) is 35.1 Å². The third-order valence-electron chi connectivity index (χ3n) is 8.10. The molecule has 5 N–H and O–H groups in total. The molecule has 1 aromatic carbocycles. The van der Waals surface area contributed by atoms with Gasteiger partial charge in [0.15, 0.2) is 5.69 Å². The fourth-order valence-corrected chi connectivity index (χ4v) is 5.66. The number of rotatable bonds is 4. The third-order valence-corrected chi connectivity index (χ3v) is 8.10. The normalized spacial score (nSPS) is 20.2. The van der Waals surface area contributed by atoms with E-state index in [0.29, 0.717) is 36.4 Å². The Balaban J connectivity index is 1.30. The number of carbonyl (C=O) groups excluding carboxylic acids is 4. The zero-order valence-electron chi connectivity index (χ0n) is 25.2. The molecule has 0 saturated carbocycles. The Morgan fingerprint density at radius 3 is 2.78 bits per heavy atom. The van der Waals surface area contributed by atoms with Crippen molar-refractivity contribution in [2.45, 2.75) is 57.7 Å². The average Bonchev–Trinajstić information content (AvgIpc) is 3.80. The number of oxazole rings is 1. The largest absolute Gasteiger partial charge is 0.443 e. The summed E-state index contributed by atoms with van der Waals surface area (Å²) in [5.41, 5.74) is 2.79. The van der Waals surface area contributed by atoms with Crippen molar-refractivity contribution in [1.29, 1.82) is 0 Å². The van der Waals surface area contributed by atoms with Crippen LogP contribution >= 0.6 is 0 Å². The van der Waals surface area contributed by atoms with Gasteiger partial charge in [-0.05, 0) is 44.7 Å². The van der Waals surface area contributed by atoms with E-state index in [1.54, 1.807) is 42.4 Å². The van der Waals surface area contributed by atoms with Crippen LogP contribution in [0.3, 0.4) is 0 Å². The Morgan fingerprint density at radius 2 is 1.93 bits per heavy atom. The van der Waals surface area contributed by atoms with Gasteiger partial charge in [0.25, 0.3) is 11.8 Å². The monoisotopic (exact) mass is 613 g/mol. The molecule has 0 saturated heterocycles. The number of imidazole rings is 1. The maximum absolute atomic E-state index is 13.9. The van der Waals surface area contributed by atoms with Gasteiger partial charge < -0.3 is 35.2 Å². The number of fused-ring (bicyclic) bond motifs is 4. The molecule has 4 aromatic heterocycles. The van der Waals surface area contributed by atoms with E-state index in [1.807, 2.05) is 30.5 Å². The quantitative estimate of drug-likeness (QED) is 0.206. The third kappa shape index (κ3) is 6.03. The topological polar surface area (TPSA) is 180 Å². The van der Waals surface area contributed by atoms with Crippen molar-refractivity contribution in [2.75, 3.05) is 6.54 Å². The minimum absolute atomic E-state index is 0.153. The van der Waals surface area contributed by atoms with Crippen molar-refractivity contribution in [1.82, 2.24) is 45.4 Å². The Hall–Kier alpha value is -5.40. The molecule has 5 aromatic rings. The van der Waals surface area contributed by atoms with E-state index < -0.39 is 35.8 Å². The van der Waals surface area contributed by atoms with Gasteiger partial charge in [0.05, 0.1) is 6.20 Å². The molecule has 0 unspecified atom stereocenters. The van der Waals surface area contributed by atoms with Crippen LogP contribution in [0.15, 0.2) is 53.5 Å². The van der Waals surface area contributed by atoms with Crippen LogP contribution in [0.5, 0.6) is 0 Å². The van der Waals surface area contributed by atoms with Crippen molar-refractivity contribution in [3.8, 4) is 0 Å². The number of nitrogens with zero attached hydrogens (tertiary/aromatic N) is 4. The molecule has 234 valence electrons. The van der Waals surface area contributed by atoms with E-state index in [9.17, 15) is 19.2 Å². The zero-order valence-corrected chi connectivity index (χ0v) is 25.2. The van der Waals surface area contributed by atoms with Gasteiger partial charge in [0, 0.05) is 49.5 Å². The minimum atomic E-state index is -0.999. The van der Waals surface area contributed by atoms with Crippen molar-refractivity contribution in [2.24, 2.45) is 7.05 Å². The smallest absolute Gasteiger partial charge is 0.273 e. The molecule has 2 bridgehead atoms. The van der Waals surface area contributed by atoms with Crippen molar-refractivity contribution in [3.05, 3.63) is 77.5 Å². The summed E-state index contributed by atoms with van der Waals surface area (Å²) in [5, 5.41) is 16.6. The lowest BCUT2D eigenvalue weighted by atomic mass is 10.0. The highest BCUT2D eigenvalue weighted by Crippen LogP contribution is 2.21. The van der Waals surface area contributed by atoms with E-state index in [1.165, 1.54) is 6.20 Å². The van der Waals surface area contributed by atoms with Gasteiger partial charge in [-0.15, -0.1) is 0 Å². The number of benzene rings is 1. The predicted molar refractivity (Wildman–Crippen MR) is 163 cm³/mol. The van der Waals surface area contributed by atoms with Crippen molar-refractivity contribution in [3.63, 3.8) is 0 Å². The fourth-order valence-electron chi connectivity index (χ4n) is 5.66. The standard InChI is InChI=1S/C31H35N9O5/c1-17-30-38-25(18(2)45-30)29(44)32-11-7-6-10-23(36-26(41)21-16-34-40-13-12-39(3)31(21)40)27(42)37-24(28(43)35-17)14-19-15-33-22-9-5-4-8-20(19)22/h4-5,8-9,12-13,15-17,23-24,33H,6-7,10-11,14H2,1-3H3,(H,32,44)(H,35,43)(H,36,41)(H,37,42)/t17-,23+,24-/m1/s1. The van der Waals surface area contributed by atoms with Crippen LogP contribution in [0.2, 0.25) is 0 Å². The molecule has 14 heteroatoms. The SMILES string of the molecule is Cc1oc2nc1C(=O)NCCCC[C@H](NC(=O)c1cnn3ccn(C)c13)C(=O)N[C@H](Cc1c[nH]c3ccccc13)C(=O)N[C@@H]2C. The molecule has 0 fully saturated rings. The highest BCUT2D eigenvalue weighted by molar-refractivity contribution is 6.02. The van der Waals surface area contributed by atoms with Gasteiger partial charge in [-0.3, -0.25) is 19.2 Å². The predicted octanol–water partition coefficient (Wildman–Crippen LogP) is 2.07. The summed E-state index contributed by atoms with van der Waals surface area (Å²) < 4.78 is 9.09. The number of aromatic amines is 1. The summed E-state index contributed by atoms with van der Waals surface area (Å²) in [6.07, 6.45) is 8.29. The number of amides is 4. The zero-order chi connectivity index (χ0) is 31.7. The first-order valence-electron chi connectivity index (χ1n) is 14.9. The lowest BCUT2D eigenvalue weighted by Gasteiger charge is -2.24. The number of hydrogen-bond acceptors (Lipinski definition) is 7. The number of hydrogen-bond donors (Lipinski definition) is 5. The Bertz CT molecular complexity index is 1900. The molecule has 45 heavy (non-hydrogen) atoms. The average molecular weight is 614 g/mol. The summed E-state index contributed by atoms with van der Waals surface area (Å²) in [5.74, 6) is -1.31. The first kappa shape index (κ1) is 29.7. The van der Waals surface area contributed by atoms with E-state index in [0.717, 1.165) is 16.5 Å². The molecule has 0 radical (unpaired) electrons. The van der Waals surface area contributed by atoms with Gasteiger partial charge in [-0.1, -0.05) is 18.2 Å². The lowest BCUT2D eigenvalue weighted by molar-refractivity contribution is -0.130. The fraction of sp³-hybridized carbons (Fsp3) is 0.355. The number of para-hydroxylation sites is 1. The molecule has 14 nitrogen and oxygen atoms in total. The highest BCUT2D eigenvalue weighted by Gasteiger charge is 2.31. The number of aromatic nitrogens is 5. The lowest BCUT2D eigenvalue weighted by Crippen LogP contribution is -2.54. The van der Waals surface area contributed by atoms with Crippen LogP contribution in [-0.4, -0.2) is 66.4 Å². The summed E-state index contributed by atoms with van der Waals surface area (Å²) in [7, 11) is 1.80. The van der Waals surface area contributed by atoms with Gasteiger partial charge in [-0.25, -0.2) is 9.50 Å². The van der Waals surface area contributed by atoms with Crippen LogP contribution in [-0.2, 0) is 23.1 Å². The molecule has 3 atom stereocenters. The van der Waals surface area contributed by atoms with Crippen LogP contribution in [0.4, 0.5) is 0 Å². The molecule has 1 aliphatic rings. The maximum atomic E-state index is 13.9. The van der Waals surface area contributed by atoms with E-state index in [4.69, 9.17) is 4.42 Å². The van der Waals surface area contributed by atoms with Crippen molar-refractivity contribution < 1.29 is 23.6 Å². The van der Waals surface area contributed by atoms with Crippen LogP contribution < -0.4 is 21.3 Å². The highest BCUT2D eigenvalue weighted by atomic mass is 16.4. The second kappa shape index (κ2) is 12.3. The second-order valence-corrected chi connectivity index (χ2v) is 11.3. The Labute approximate surface area is 257 Å². The molecule has 6 rings (SSSR count). The summed E-state index contributed by atoms with van der Waals surface area (Å²) in [4.78, 5) is 61.5. The molecule has 5 heterocycles. The van der Waals surface area contributed by atoms with E-state index in [-0.39, 0.29) is 30.3 Å². The first-order valence-corrected chi connectivity index (χ1v) is 14.9. The van der Waals surface area contributed by atoms with E-state index in [2.05, 4.69) is 36.3 Å². The van der Waals surface area contributed by atoms with Crippen LogP contribution in [0.1, 0.15) is 70.3 Å². The molecule has 0 aliphatic carbocycles. The number of nitrogens with one attached hydrogen (secondary N) is 5. The van der Waals surface area contributed by atoms with E-state index >= 15 is 0 Å². The summed E-state index contributed by atoms with van der Waals surface area (Å²) in [6.45, 7) is 3.68. The number of H-pyrrole nitrogens is 1. The summed E-state index contributed by atoms with van der Waals surface area (Å²) >= 11 is 0. The first-order chi connectivity index (χ1) is 21.7. The molecule has 1 aliphatic heterocycles. The van der Waals surface area contributed by atoms with Crippen LogP contribution in [0.25, 0.3) is 16.6 Å². The van der Waals surface area contributed by atoms with Gasteiger partial charge in [0.2, 0.25) is 17.7 Å². The molecule has 4 amide bonds. The molecular formula is C31H35N9O5. The second-order valence-electron chi connectivity index (χ2n) is 11.3. The van der Waals surface area contributed by atoms with Crippen molar-refractivity contribution >= 4 is 40.2 Å². The minimum Gasteiger partial charge on any atom is -0.443 e. The Morgan fingerprint density at radius 1 is 1.11 bits per heavy atom.